The lowest BCUT2D eigenvalue weighted by Gasteiger charge is -2.24. The molecule has 1 aliphatic rings. The first-order chi connectivity index (χ1) is 11.6. The predicted molar refractivity (Wildman–Crippen MR) is 93.4 cm³/mol. The number of carbonyl (C=O) groups is 1. The van der Waals surface area contributed by atoms with Crippen LogP contribution in [0.2, 0.25) is 0 Å². The fourth-order valence-electron chi connectivity index (χ4n) is 3.08. The summed E-state index contributed by atoms with van der Waals surface area (Å²) >= 11 is 0. The van der Waals surface area contributed by atoms with E-state index in [2.05, 4.69) is 41.0 Å². The molecule has 5 heteroatoms. The monoisotopic (exact) mass is 324 g/mol. The third kappa shape index (κ3) is 4.17. The molecule has 0 aliphatic carbocycles. The van der Waals surface area contributed by atoms with E-state index in [1.54, 1.807) is 12.4 Å². The number of nitrogens with zero attached hydrogens (tertiary/aromatic N) is 4. The van der Waals surface area contributed by atoms with Crippen LogP contribution < -0.4 is 0 Å². The Labute approximate surface area is 143 Å². The van der Waals surface area contributed by atoms with E-state index in [1.807, 2.05) is 23.1 Å². The summed E-state index contributed by atoms with van der Waals surface area (Å²) in [5, 5.41) is 0. The number of benzene rings is 1. The number of hydrogen-bond acceptors (Lipinski definition) is 4. The van der Waals surface area contributed by atoms with Gasteiger partial charge in [0.25, 0.3) is 0 Å². The summed E-state index contributed by atoms with van der Waals surface area (Å²) < 4.78 is 0. The van der Waals surface area contributed by atoms with Crippen molar-refractivity contribution in [2.45, 2.75) is 32.4 Å². The number of hydrogen-bond donors (Lipinski definition) is 0. The molecular formula is C19H24N4O. The maximum absolute atomic E-state index is 12.5. The van der Waals surface area contributed by atoms with Gasteiger partial charge in [-0.2, -0.15) is 0 Å². The Balaban J connectivity index is 1.52. The van der Waals surface area contributed by atoms with Crippen molar-refractivity contribution in [2.75, 3.05) is 20.1 Å². The van der Waals surface area contributed by atoms with Gasteiger partial charge in [-0.15, -0.1) is 0 Å². The van der Waals surface area contributed by atoms with Crippen molar-refractivity contribution in [1.29, 1.82) is 0 Å². The summed E-state index contributed by atoms with van der Waals surface area (Å²) in [6, 6.07) is 10.4. The third-order valence-corrected chi connectivity index (χ3v) is 4.63. The summed E-state index contributed by atoms with van der Waals surface area (Å²) in [5.74, 6) is 1.04. The maximum Gasteiger partial charge on any atom is 0.227 e. The smallest absolute Gasteiger partial charge is 0.227 e. The van der Waals surface area contributed by atoms with Crippen molar-refractivity contribution >= 4 is 5.91 Å². The second-order valence-electron chi connectivity index (χ2n) is 6.52. The summed E-state index contributed by atoms with van der Waals surface area (Å²) in [5.41, 5.74) is 2.30. The molecule has 1 atom stereocenters. The molecule has 0 unspecified atom stereocenters. The lowest BCUT2D eigenvalue weighted by molar-refractivity contribution is -0.129. The second-order valence-corrected chi connectivity index (χ2v) is 6.52. The van der Waals surface area contributed by atoms with E-state index in [4.69, 9.17) is 0 Å². The van der Waals surface area contributed by atoms with Crippen molar-refractivity contribution in [3.05, 3.63) is 59.7 Å². The molecule has 1 amide bonds. The molecule has 3 rings (SSSR count). The van der Waals surface area contributed by atoms with Gasteiger partial charge in [-0.05, 0) is 32.0 Å². The summed E-state index contributed by atoms with van der Waals surface area (Å²) in [4.78, 5) is 25.3. The van der Waals surface area contributed by atoms with Crippen LogP contribution in [0.4, 0.5) is 0 Å². The summed E-state index contributed by atoms with van der Waals surface area (Å²) in [6.45, 7) is 4.39. The number of likely N-dealkylation sites (tertiary alicyclic amines) is 1. The Hall–Kier alpha value is -2.27. The number of carbonyl (C=O) groups excluding carboxylic acids is 1. The summed E-state index contributed by atoms with van der Waals surface area (Å²) in [7, 11) is 2.08. The van der Waals surface area contributed by atoms with Gasteiger partial charge in [0.1, 0.15) is 5.82 Å². The standard InChI is InChI=1S/C19H24N4O/c1-15-4-6-16(7-5-15)12-19(24)23-11-8-17(13-23)22(2)14-18-20-9-3-10-21-18/h3-7,9-10,17H,8,11-14H2,1-2H3/t17-/m0/s1. The van der Waals surface area contributed by atoms with Crippen LogP contribution in [0.5, 0.6) is 0 Å². The quantitative estimate of drug-likeness (QED) is 0.845. The Morgan fingerprint density at radius 3 is 2.67 bits per heavy atom. The van der Waals surface area contributed by atoms with Gasteiger partial charge in [-0.3, -0.25) is 9.69 Å². The topological polar surface area (TPSA) is 49.3 Å². The number of aryl methyl sites for hydroxylation is 1. The molecule has 1 saturated heterocycles. The highest BCUT2D eigenvalue weighted by Gasteiger charge is 2.28. The average Bonchev–Trinajstić information content (AvgIpc) is 3.08. The fraction of sp³-hybridized carbons (Fsp3) is 0.421. The SMILES string of the molecule is Cc1ccc(CC(=O)N2CC[C@H](N(C)Cc3ncccn3)C2)cc1. The first kappa shape index (κ1) is 16.6. The van der Waals surface area contributed by atoms with Gasteiger partial charge in [0, 0.05) is 31.5 Å². The second kappa shape index (κ2) is 7.53. The highest BCUT2D eigenvalue weighted by molar-refractivity contribution is 5.79. The third-order valence-electron chi connectivity index (χ3n) is 4.63. The van der Waals surface area contributed by atoms with E-state index >= 15 is 0 Å². The minimum absolute atomic E-state index is 0.214. The van der Waals surface area contributed by atoms with Crippen molar-refractivity contribution in [3.8, 4) is 0 Å². The predicted octanol–water partition coefficient (Wildman–Crippen LogP) is 2.06. The van der Waals surface area contributed by atoms with Crippen LogP contribution >= 0.6 is 0 Å². The molecule has 5 nitrogen and oxygen atoms in total. The molecule has 0 N–H and O–H groups in total. The molecule has 1 aromatic carbocycles. The van der Waals surface area contributed by atoms with E-state index in [-0.39, 0.29) is 5.91 Å². The number of amides is 1. The van der Waals surface area contributed by atoms with Crippen LogP contribution in [-0.2, 0) is 17.8 Å². The van der Waals surface area contributed by atoms with Crippen LogP contribution in [-0.4, -0.2) is 51.9 Å². The van der Waals surface area contributed by atoms with E-state index in [0.29, 0.717) is 19.0 Å². The molecule has 2 heterocycles. The van der Waals surface area contributed by atoms with E-state index in [1.165, 1.54) is 5.56 Å². The Bertz CT molecular complexity index is 672. The van der Waals surface area contributed by atoms with E-state index < -0.39 is 0 Å². The van der Waals surface area contributed by atoms with Crippen LogP contribution in [0, 0.1) is 6.92 Å². The van der Waals surface area contributed by atoms with Crippen molar-refractivity contribution in [1.82, 2.24) is 19.8 Å². The zero-order valence-corrected chi connectivity index (χ0v) is 14.4. The van der Waals surface area contributed by atoms with Gasteiger partial charge in [0.2, 0.25) is 5.91 Å². The highest BCUT2D eigenvalue weighted by Crippen LogP contribution is 2.17. The lowest BCUT2D eigenvalue weighted by atomic mass is 10.1. The van der Waals surface area contributed by atoms with Crippen molar-refractivity contribution in [2.24, 2.45) is 0 Å². The molecule has 1 aliphatic heterocycles. The zero-order valence-electron chi connectivity index (χ0n) is 14.4. The number of likely N-dealkylation sites (N-methyl/N-ethyl adjacent to an activating group) is 1. The minimum atomic E-state index is 0.214. The van der Waals surface area contributed by atoms with Crippen LogP contribution in [0.15, 0.2) is 42.7 Å². The first-order valence-electron chi connectivity index (χ1n) is 8.41. The van der Waals surface area contributed by atoms with E-state index in [0.717, 1.165) is 30.9 Å². The molecule has 0 spiro atoms. The lowest BCUT2D eigenvalue weighted by Crippen LogP contribution is -2.37. The van der Waals surface area contributed by atoms with Gasteiger partial charge < -0.3 is 4.90 Å². The molecule has 1 fully saturated rings. The zero-order chi connectivity index (χ0) is 16.9. The first-order valence-corrected chi connectivity index (χ1v) is 8.41. The van der Waals surface area contributed by atoms with Gasteiger partial charge in [-0.25, -0.2) is 9.97 Å². The van der Waals surface area contributed by atoms with Crippen LogP contribution in [0.1, 0.15) is 23.4 Å². The van der Waals surface area contributed by atoms with Gasteiger partial charge in [0.15, 0.2) is 0 Å². The molecule has 0 radical (unpaired) electrons. The molecule has 126 valence electrons. The minimum Gasteiger partial charge on any atom is -0.341 e. The Morgan fingerprint density at radius 1 is 1.25 bits per heavy atom. The largest absolute Gasteiger partial charge is 0.341 e. The number of aromatic nitrogens is 2. The van der Waals surface area contributed by atoms with Crippen LogP contribution in [0.25, 0.3) is 0 Å². The molecule has 2 aromatic rings. The van der Waals surface area contributed by atoms with Crippen molar-refractivity contribution in [3.63, 3.8) is 0 Å². The Kier molecular flexibility index (Phi) is 5.20. The van der Waals surface area contributed by atoms with Gasteiger partial charge in [0.05, 0.1) is 13.0 Å². The molecular weight excluding hydrogens is 300 g/mol. The molecule has 0 bridgehead atoms. The Morgan fingerprint density at radius 2 is 1.96 bits per heavy atom. The van der Waals surface area contributed by atoms with Crippen LogP contribution in [0.3, 0.4) is 0 Å². The molecule has 24 heavy (non-hydrogen) atoms. The number of rotatable bonds is 5. The fourth-order valence-corrected chi connectivity index (χ4v) is 3.08. The molecule has 1 aromatic heterocycles. The van der Waals surface area contributed by atoms with Crippen molar-refractivity contribution < 1.29 is 4.79 Å². The van der Waals surface area contributed by atoms with E-state index in [9.17, 15) is 4.79 Å². The highest BCUT2D eigenvalue weighted by atomic mass is 16.2. The summed E-state index contributed by atoms with van der Waals surface area (Å²) in [6.07, 6.45) is 5.02. The molecule has 0 saturated carbocycles. The maximum atomic E-state index is 12.5. The van der Waals surface area contributed by atoms with Gasteiger partial charge >= 0.3 is 0 Å². The average molecular weight is 324 g/mol. The normalized spacial score (nSPS) is 17.5. The van der Waals surface area contributed by atoms with Gasteiger partial charge in [-0.1, -0.05) is 29.8 Å².